The van der Waals surface area contributed by atoms with Gasteiger partial charge in [0.25, 0.3) is 10.2 Å². The number of carbonyl (C=O) groups is 1. The molecule has 1 saturated carbocycles. The summed E-state index contributed by atoms with van der Waals surface area (Å²) in [4.78, 5) is 17.5. The Labute approximate surface area is 157 Å². The largest absolute Gasteiger partial charge is 0.301 e. The first-order chi connectivity index (χ1) is 11.9. The SMILES string of the molecule is CN(C)S(=O)(=O)N1CCc2nc(NC(=O)CSC3CCCC3)sc2C1. The Morgan fingerprint density at radius 2 is 2.12 bits per heavy atom. The maximum absolute atomic E-state index is 12.3. The zero-order valence-corrected chi connectivity index (χ0v) is 17.0. The highest BCUT2D eigenvalue weighted by molar-refractivity contribution is 8.00. The lowest BCUT2D eigenvalue weighted by molar-refractivity contribution is -0.113. The van der Waals surface area contributed by atoms with Gasteiger partial charge in [-0.2, -0.15) is 17.0 Å². The van der Waals surface area contributed by atoms with Crippen LogP contribution in [-0.4, -0.2) is 59.6 Å². The van der Waals surface area contributed by atoms with Crippen molar-refractivity contribution in [1.82, 2.24) is 13.6 Å². The number of rotatable bonds is 6. The monoisotopic (exact) mass is 404 g/mol. The number of hydrogen-bond acceptors (Lipinski definition) is 6. The van der Waals surface area contributed by atoms with E-state index in [9.17, 15) is 13.2 Å². The number of amides is 1. The quantitative estimate of drug-likeness (QED) is 0.783. The molecule has 0 unspecified atom stereocenters. The number of nitrogens with one attached hydrogen (secondary N) is 1. The van der Waals surface area contributed by atoms with Gasteiger partial charge >= 0.3 is 0 Å². The molecule has 1 aromatic rings. The second-order valence-electron chi connectivity index (χ2n) is 6.53. The van der Waals surface area contributed by atoms with Crippen LogP contribution in [0.2, 0.25) is 0 Å². The highest BCUT2D eigenvalue weighted by Gasteiger charge is 2.30. The van der Waals surface area contributed by atoms with Crippen molar-refractivity contribution in [3.63, 3.8) is 0 Å². The molecule has 0 saturated heterocycles. The van der Waals surface area contributed by atoms with E-state index in [0.717, 1.165) is 10.6 Å². The average molecular weight is 405 g/mol. The van der Waals surface area contributed by atoms with Crippen molar-refractivity contribution in [1.29, 1.82) is 0 Å². The smallest absolute Gasteiger partial charge is 0.281 e. The molecular weight excluding hydrogens is 380 g/mol. The van der Waals surface area contributed by atoms with Crippen LogP contribution in [0.4, 0.5) is 5.13 Å². The summed E-state index contributed by atoms with van der Waals surface area (Å²) < 4.78 is 27.2. The van der Waals surface area contributed by atoms with Crippen molar-refractivity contribution in [2.45, 2.75) is 43.9 Å². The molecule has 2 aliphatic rings. The average Bonchev–Trinajstić information content (AvgIpc) is 3.20. The van der Waals surface area contributed by atoms with E-state index in [1.165, 1.54) is 59.7 Å². The summed E-state index contributed by atoms with van der Waals surface area (Å²) in [6, 6.07) is 0. The van der Waals surface area contributed by atoms with Gasteiger partial charge in [0.2, 0.25) is 5.91 Å². The van der Waals surface area contributed by atoms with Crippen molar-refractivity contribution in [2.24, 2.45) is 0 Å². The molecule has 1 aliphatic heterocycles. The lowest BCUT2D eigenvalue weighted by Crippen LogP contribution is -2.42. The molecular formula is C15H24N4O3S3. The van der Waals surface area contributed by atoms with E-state index in [0.29, 0.717) is 35.6 Å². The van der Waals surface area contributed by atoms with E-state index in [1.54, 1.807) is 11.8 Å². The minimum Gasteiger partial charge on any atom is -0.301 e. The Kier molecular flexibility index (Phi) is 6.04. The van der Waals surface area contributed by atoms with Crippen molar-refractivity contribution < 1.29 is 13.2 Å². The molecule has 0 spiro atoms. The van der Waals surface area contributed by atoms with Gasteiger partial charge in [0.05, 0.1) is 18.0 Å². The number of carbonyl (C=O) groups excluding carboxylic acids is 1. The normalized spacial score (nSPS) is 19.3. The van der Waals surface area contributed by atoms with Crippen LogP contribution >= 0.6 is 23.1 Å². The zero-order valence-electron chi connectivity index (χ0n) is 14.5. The van der Waals surface area contributed by atoms with E-state index < -0.39 is 10.2 Å². The van der Waals surface area contributed by atoms with E-state index in [-0.39, 0.29) is 5.91 Å². The first kappa shape index (κ1) is 19.1. The van der Waals surface area contributed by atoms with Gasteiger partial charge in [-0.3, -0.25) is 4.79 Å². The zero-order chi connectivity index (χ0) is 18.0. The third-order valence-corrected chi connectivity index (χ3v) is 8.74. The Morgan fingerprint density at radius 1 is 1.40 bits per heavy atom. The van der Waals surface area contributed by atoms with Crippen molar-refractivity contribution in [2.75, 3.05) is 31.7 Å². The van der Waals surface area contributed by atoms with Crippen LogP contribution in [0.3, 0.4) is 0 Å². The molecule has 0 bridgehead atoms. The molecule has 3 rings (SSSR count). The molecule has 25 heavy (non-hydrogen) atoms. The van der Waals surface area contributed by atoms with E-state index in [1.807, 2.05) is 0 Å². The second kappa shape index (κ2) is 7.91. The number of aromatic nitrogens is 1. The maximum atomic E-state index is 12.3. The molecule has 1 aromatic heterocycles. The number of nitrogens with zero attached hydrogens (tertiary/aromatic N) is 3. The Balaban J connectivity index is 1.57. The summed E-state index contributed by atoms with van der Waals surface area (Å²) in [7, 11) is -0.354. The van der Waals surface area contributed by atoms with Crippen LogP contribution in [-0.2, 0) is 28.0 Å². The van der Waals surface area contributed by atoms with Gasteiger partial charge in [0.15, 0.2) is 5.13 Å². The molecule has 0 atom stereocenters. The van der Waals surface area contributed by atoms with E-state index >= 15 is 0 Å². The molecule has 140 valence electrons. The standard InChI is InChI=1S/C15H24N4O3S3/c1-18(2)25(21,22)19-8-7-12-13(9-19)24-15(16-12)17-14(20)10-23-11-5-3-4-6-11/h11H,3-10H2,1-2H3,(H,16,17,20). The number of hydrogen-bond donors (Lipinski definition) is 1. The third-order valence-electron chi connectivity index (χ3n) is 4.48. The fraction of sp³-hybridized carbons (Fsp3) is 0.733. The van der Waals surface area contributed by atoms with Gasteiger partial charge in [-0.1, -0.05) is 12.8 Å². The summed E-state index contributed by atoms with van der Waals surface area (Å²) in [5.41, 5.74) is 0.897. The van der Waals surface area contributed by atoms with Gasteiger partial charge in [0, 0.05) is 37.2 Å². The van der Waals surface area contributed by atoms with Gasteiger partial charge in [0.1, 0.15) is 0 Å². The van der Waals surface area contributed by atoms with Gasteiger partial charge in [-0.15, -0.1) is 23.1 Å². The van der Waals surface area contributed by atoms with E-state index in [4.69, 9.17) is 0 Å². The van der Waals surface area contributed by atoms with Crippen LogP contribution in [0.1, 0.15) is 36.3 Å². The first-order valence-electron chi connectivity index (χ1n) is 8.44. The second-order valence-corrected chi connectivity index (χ2v) is 11.0. The number of anilines is 1. The van der Waals surface area contributed by atoms with Gasteiger partial charge < -0.3 is 5.32 Å². The number of thioether (sulfide) groups is 1. The fourth-order valence-electron chi connectivity index (χ4n) is 3.06. The first-order valence-corrected chi connectivity index (χ1v) is 11.7. The number of thiazole rings is 1. The topological polar surface area (TPSA) is 82.6 Å². The van der Waals surface area contributed by atoms with E-state index in [2.05, 4.69) is 10.3 Å². The minimum atomic E-state index is -3.42. The molecule has 7 nitrogen and oxygen atoms in total. The number of fused-ring (bicyclic) bond motifs is 1. The summed E-state index contributed by atoms with van der Waals surface area (Å²) in [6.07, 6.45) is 5.53. The van der Waals surface area contributed by atoms with Crippen molar-refractivity contribution >= 4 is 44.3 Å². The minimum absolute atomic E-state index is 0.0271. The predicted molar refractivity (Wildman–Crippen MR) is 102 cm³/mol. The Bertz CT molecular complexity index is 726. The Hall–Kier alpha value is -0.680. The summed E-state index contributed by atoms with van der Waals surface area (Å²) in [5.74, 6) is 0.427. The summed E-state index contributed by atoms with van der Waals surface area (Å²) >= 11 is 3.10. The highest BCUT2D eigenvalue weighted by Crippen LogP contribution is 2.31. The molecule has 1 fully saturated rings. The third kappa shape index (κ3) is 4.54. The molecule has 0 radical (unpaired) electrons. The molecule has 10 heteroatoms. The summed E-state index contributed by atoms with van der Waals surface area (Å²) in [5, 5.41) is 4.05. The molecule has 1 amide bonds. The van der Waals surface area contributed by atoms with Crippen molar-refractivity contribution in [3.8, 4) is 0 Å². The van der Waals surface area contributed by atoms with Gasteiger partial charge in [-0.25, -0.2) is 4.98 Å². The van der Waals surface area contributed by atoms with Crippen LogP contribution in [0, 0.1) is 0 Å². The van der Waals surface area contributed by atoms with Crippen LogP contribution < -0.4 is 5.32 Å². The van der Waals surface area contributed by atoms with Crippen LogP contribution in [0.15, 0.2) is 0 Å². The highest BCUT2D eigenvalue weighted by atomic mass is 32.2. The van der Waals surface area contributed by atoms with Crippen molar-refractivity contribution in [3.05, 3.63) is 10.6 Å². The predicted octanol–water partition coefficient (Wildman–Crippen LogP) is 1.92. The Morgan fingerprint density at radius 3 is 2.80 bits per heavy atom. The molecule has 0 aromatic carbocycles. The lowest BCUT2D eigenvalue weighted by atomic mass is 10.2. The van der Waals surface area contributed by atoms with Gasteiger partial charge in [-0.05, 0) is 12.8 Å². The molecule has 2 heterocycles. The fourth-order valence-corrected chi connectivity index (χ4v) is 6.38. The molecule has 1 N–H and O–H groups in total. The van der Waals surface area contributed by atoms with Crippen LogP contribution in [0.25, 0.3) is 0 Å². The molecule has 1 aliphatic carbocycles. The summed E-state index contributed by atoms with van der Waals surface area (Å²) in [6.45, 7) is 0.738. The lowest BCUT2D eigenvalue weighted by Gasteiger charge is -2.27. The van der Waals surface area contributed by atoms with Crippen LogP contribution in [0.5, 0.6) is 0 Å². The maximum Gasteiger partial charge on any atom is 0.281 e.